The van der Waals surface area contributed by atoms with Crippen LogP contribution in [0.2, 0.25) is 0 Å². The van der Waals surface area contributed by atoms with Gasteiger partial charge in [-0.15, -0.1) is 0 Å². The third-order valence-electron chi connectivity index (χ3n) is 2.67. The van der Waals surface area contributed by atoms with Crippen LogP contribution in [0, 0.1) is 0 Å². The second kappa shape index (κ2) is 8.57. The predicted molar refractivity (Wildman–Crippen MR) is 64.1 cm³/mol. The smallest absolute Gasteiger partial charge is 0.0470 e. The zero-order chi connectivity index (χ0) is 10.1. The van der Waals surface area contributed by atoms with Crippen LogP contribution in [-0.4, -0.2) is 37.8 Å². The summed E-state index contributed by atoms with van der Waals surface area (Å²) in [5, 5.41) is 3.62. The van der Waals surface area contributed by atoms with Gasteiger partial charge in [-0.1, -0.05) is 12.8 Å². The Bertz CT molecular complexity index is 126. The average Bonchev–Trinajstić information content (AvgIpc) is 2.69. The maximum atomic E-state index is 5.00. The van der Waals surface area contributed by atoms with Gasteiger partial charge in [-0.3, -0.25) is 0 Å². The maximum Gasteiger partial charge on any atom is 0.0470 e. The van der Waals surface area contributed by atoms with E-state index in [4.69, 9.17) is 4.74 Å². The molecule has 0 aliphatic heterocycles. The lowest BCUT2D eigenvalue weighted by atomic mass is 10.2. The van der Waals surface area contributed by atoms with Gasteiger partial charge in [-0.2, -0.15) is 11.8 Å². The van der Waals surface area contributed by atoms with E-state index in [1.165, 1.54) is 50.2 Å². The summed E-state index contributed by atoms with van der Waals surface area (Å²) < 4.78 is 5.00. The number of thioether (sulfide) groups is 1. The van der Waals surface area contributed by atoms with Crippen molar-refractivity contribution in [1.29, 1.82) is 0 Å². The third-order valence-corrected chi connectivity index (χ3v) is 3.74. The van der Waals surface area contributed by atoms with Gasteiger partial charge in [0.25, 0.3) is 0 Å². The van der Waals surface area contributed by atoms with E-state index in [9.17, 15) is 0 Å². The predicted octanol–water partition coefficient (Wildman–Crippen LogP) is 2.29. The van der Waals surface area contributed by atoms with Crippen LogP contribution < -0.4 is 5.32 Å². The summed E-state index contributed by atoms with van der Waals surface area (Å²) in [4.78, 5) is 0. The summed E-state index contributed by atoms with van der Waals surface area (Å²) in [6.45, 7) is 2.09. The van der Waals surface area contributed by atoms with Crippen LogP contribution in [0.1, 0.15) is 32.1 Å². The summed E-state index contributed by atoms with van der Waals surface area (Å²) in [6.07, 6.45) is 6.84. The molecule has 0 heterocycles. The highest BCUT2D eigenvalue weighted by Gasteiger charge is 2.12. The summed E-state index contributed by atoms with van der Waals surface area (Å²) in [7, 11) is 1.77. The first-order valence-corrected chi connectivity index (χ1v) is 6.89. The molecule has 14 heavy (non-hydrogen) atoms. The minimum absolute atomic E-state index is 0.828. The van der Waals surface area contributed by atoms with Crippen LogP contribution in [0.25, 0.3) is 0 Å². The van der Waals surface area contributed by atoms with Crippen molar-refractivity contribution < 1.29 is 4.74 Å². The first-order chi connectivity index (χ1) is 6.93. The Balaban J connectivity index is 1.75. The van der Waals surface area contributed by atoms with Gasteiger partial charge >= 0.3 is 0 Å². The summed E-state index contributed by atoms with van der Waals surface area (Å²) in [5.74, 6) is 2.49. The number of methoxy groups -OCH3 is 1. The summed E-state index contributed by atoms with van der Waals surface area (Å²) in [6, 6.07) is 0.828. The molecule has 0 atom stereocenters. The monoisotopic (exact) mass is 217 g/mol. The normalized spacial score (nSPS) is 17.8. The molecule has 0 aromatic rings. The minimum atomic E-state index is 0.828. The quantitative estimate of drug-likeness (QED) is 0.630. The molecule has 84 valence electrons. The fraction of sp³-hybridized carbons (Fsp3) is 1.00. The molecule has 0 aromatic carbocycles. The van der Waals surface area contributed by atoms with Crippen molar-refractivity contribution in [3.63, 3.8) is 0 Å². The van der Waals surface area contributed by atoms with E-state index in [1.54, 1.807) is 7.11 Å². The van der Waals surface area contributed by atoms with Crippen molar-refractivity contribution in [1.82, 2.24) is 5.32 Å². The van der Waals surface area contributed by atoms with E-state index in [-0.39, 0.29) is 0 Å². The van der Waals surface area contributed by atoms with Crippen molar-refractivity contribution in [2.45, 2.75) is 38.1 Å². The Morgan fingerprint density at radius 3 is 2.79 bits per heavy atom. The van der Waals surface area contributed by atoms with E-state index >= 15 is 0 Å². The Morgan fingerprint density at radius 2 is 2.07 bits per heavy atom. The highest BCUT2D eigenvalue weighted by Crippen LogP contribution is 2.17. The molecule has 1 fully saturated rings. The molecule has 1 N–H and O–H groups in total. The lowest BCUT2D eigenvalue weighted by Crippen LogP contribution is -2.28. The van der Waals surface area contributed by atoms with E-state index in [0.717, 1.165) is 12.6 Å². The van der Waals surface area contributed by atoms with Gasteiger partial charge in [0.15, 0.2) is 0 Å². The van der Waals surface area contributed by atoms with E-state index < -0.39 is 0 Å². The summed E-state index contributed by atoms with van der Waals surface area (Å²) >= 11 is 2.03. The number of ether oxygens (including phenoxy) is 1. The molecule has 0 aromatic heterocycles. The molecule has 1 rings (SSSR count). The van der Waals surface area contributed by atoms with Crippen LogP contribution >= 0.6 is 11.8 Å². The average molecular weight is 217 g/mol. The number of rotatable bonds is 8. The van der Waals surface area contributed by atoms with Crippen molar-refractivity contribution in [3.05, 3.63) is 0 Å². The van der Waals surface area contributed by atoms with Gasteiger partial charge in [0.1, 0.15) is 0 Å². The molecule has 1 aliphatic rings. The molecule has 1 aliphatic carbocycles. The zero-order valence-corrected chi connectivity index (χ0v) is 10.1. The Labute approximate surface area is 92.2 Å². The topological polar surface area (TPSA) is 21.3 Å². The molecule has 3 heteroatoms. The Hall–Kier alpha value is 0.270. The molecule has 0 radical (unpaired) electrons. The fourth-order valence-electron chi connectivity index (χ4n) is 1.87. The van der Waals surface area contributed by atoms with E-state index in [0.29, 0.717) is 0 Å². The van der Waals surface area contributed by atoms with Crippen LogP contribution in [-0.2, 0) is 4.74 Å². The van der Waals surface area contributed by atoms with Crippen molar-refractivity contribution in [3.8, 4) is 0 Å². The van der Waals surface area contributed by atoms with Crippen LogP contribution in [0.4, 0.5) is 0 Å². The molecular formula is C11H23NOS. The molecule has 0 spiro atoms. The Kier molecular flexibility index (Phi) is 7.55. The van der Waals surface area contributed by atoms with Gasteiger partial charge in [-0.25, -0.2) is 0 Å². The van der Waals surface area contributed by atoms with Gasteiger partial charge < -0.3 is 10.1 Å². The molecule has 2 nitrogen and oxygen atoms in total. The van der Waals surface area contributed by atoms with Gasteiger partial charge in [-0.05, 0) is 25.0 Å². The largest absolute Gasteiger partial charge is 0.385 e. The Morgan fingerprint density at radius 1 is 1.29 bits per heavy atom. The van der Waals surface area contributed by atoms with E-state index in [2.05, 4.69) is 5.32 Å². The van der Waals surface area contributed by atoms with Gasteiger partial charge in [0.05, 0.1) is 0 Å². The highest BCUT2D eigenvalue weighted by atomic mass is 32.2. The molecule has 0 bridgehead atoms. The lowest BCUT2D eigenvalue weighted by molar-refractivity contribution is 0.200. The second-order valence-electron chi connectivity index (χ2n) is 3.89. The van der Waals surface area contributed by atoms with Crippen LogP contribution in [0.3, 0.4) is 0 Å². The van der Waals surface area contributed by atoms with Gasteiger partial charge in [0.2, 0.25) is 0 Å². The molecule has 1 saturated carbocycles. The number of nitrogens with one attached hydrogen (secondary N) is 1. The highest BCUT2D eigenvalue weighted by molar-refractivity contribution is 7.99. The van der Waals surface area contributed by atoms with E-state index in [1.807, 2.05) is 11.8 Å². The SMILES string of the molecule is COCCCSCCNC1CCCC1. The third kappa shape index (κ3) is 5.89. The van der Waals surface area contributed by atoms with Crippen LogP contribution in [0.15, 0.2) is 0 Å². The minimum Gasteiger partial charge on any atom is -0.385 e. The first-order valence-electron chi connectivity index (χ1n) is 5.73. The van der Waals surface area contributed by atoms with Crippen molar-refractivity contribution in [2.24, 2.45) is 0 Å². The van der Waals surface area contributed by atoms with Crippen molar-refractivity contribution in [2.75, 3.05) is 31.8 Å². The molecular weight excluding hydrogens is 194 g/mol. The first kappa shape index (κ1) is 12.3. The standard InChI is InChI=1S/C11H23NOS/c1-13-8-4-9-14-10-7-12-11-5-2-3-6-11/h11-12H,2-10H2,1H3. The van der Waals surface area contributed by atoms with Gasteiger partial charge in [0, 0.05) is 32.1 Å². The zero-order valence-electron chi connectivity index (χ0n) is 9.26. The second-order valence-corrected chi connectivity index (χ2v) is 5.12. The lowest BCUT2D eigenvalue weighted by Gasteiger charge is -2.10. The maximum absolute atomic E-state index is 5.00. The number of hydrogen-bond donors (Lipinski definition) is 1. The molecule has 0 unspecified atom stereocenters. The number of hydrogen-bond acceptors (Lipinski definition) is 3. The molecule has 0 saturated heterocycles. The van der Waals surface area contributed by atoms with Crippen LogP contribution in [0.5, 0.6) is 0 Å². The fourth-order valence-corrected chi connectivity index (χ4v) is 2.66. The van der Waals surface area contributed by atoms with Crippen molar-refractivity contribution >= 4 is 11.8 Å². The summed E-state index contributed by atoms with van der Waals surface area (Å²) in [5.41, 5.74) is 0. The molecule has 0 amide bonds.